The molecule has 3 heteroatoms. The molecule has 2 aliphatic rings. The van der Waals surface area contributed by atoms with Crippen LogP contribution >= 0.6 is 11.6 Å². The van der Waals surface area contributed by atoms with E-state index >= 15 is 0 Å². The van der Waals surface area contributed by atoms with E-state index in [1.807, 2.05) is 19.9 Å². The summed E-state index contributed by atoms with van der Waals surface area (Å²) in [6, 6.07) is 6.19. The van der Waals surface area contributed by atoms with E-state index in [4.69, 9.17) is 21.1 Å². The number of fused-ring (bicyclic) bond motifs is 1. The fraction of sp³-hybridized carbons (Fsp3) is 0.667. The first-order valence-corrected chi connectivity index (χ1v) is 8.73. The van der Waals surface area contributed by atoms with E-state index in [0.29, 0.717) is 19.1 Å². The highest BCUT2D eigenvalue weighted by Gasteiger charge is 2.54. The Morgan fingerprint density at radius 3 is 2.29 bits per heavy atom. The van der Waals surface area contributed by atoms with Gasteiger partial charge in [0.2, 0.25) is 0 Å². The normalized spacial score (nSPS) is 28.6. The van der Waals surface area contributed by atoms with Crippen molar-refractivity contribution in [2.45, 2.75) is 44.9 Å². The van der Waals surface area contributed by atoms with Gasteiger partial charge in [-0.15, -0.1) is 11.6 Å². The van der Waals surface area contributed by atoms with Gasteiger partial charge in [-0.05, 0) is 62.1 Å². The molecule has 2 aliphatic carbocycles. The summed E-state index contributed by atoms with van der Waals surface area (Å²) in [4.78, 5) is 0. The molecule has 0 radical (unpaired) electrons. The Balaban J connectivity index is 1.76. The highest BCUT2D eigenvalue weighted by Crippen LogP contribution is 2.62. The summed E-state index contributed by atoms with van der Waals surface area (Å²) in [7, 11) is 0. The van der Waals surface area contributed by atoms with Crippen LogP contribution in [0.2, 0.25) is 0 Å². The van der Waals surface area contributed by atoms with Gasteiger partial charge in [0.05, 0.1) is 18.6 Å². The maximum atomic E-state index is 6.78. The van der Waals surface area contributed by atoms with Crippen LogP contribution in [-0.2, 0) is 0 Å². The third-order valence-electron chi connectivity index (χ3n) is 4.95. The van der Waals surface area contributed by atoms with Crippen molar-refractivity contribution in [1.29, 1.82) is 0 Å². The zero-order valence-corrected chi connectivity index (χ0v) is 13.7. The SMILES string of the molecule is CCOc1ccc(C(Cl)C2C3CCCCC32)cc1OCC. The van der Waals surface area contributed by atoms with Crippen LogP contribution in [0.25, 0.3) is 0 Å². The van der Waals surface area contributed by atoms with Crippen molar-refractivity contribution in [3.63, 3.8) is 0 Å². The van der Waals surface area contributed by atoms with Crippen molar-refractivity contribution >= 4 is 11.6 Å². The minimum Gasteiger partial charge on any atom is -0.490 e. The van der Waals surface area contributed by atoms with E-state index in [1.165, 1.54) is 31.2 Å². The van der Waals surface area contributed by atoms with Crippen molar-refractivity contribution in [3.8, 4) is 11.5 Å². The lowest BCUT2D eigenvalue weighted by molar-refractivity contribution is 0.287. The fourth-order valence-corrected chi connectivity index (χ4v) is 4.45. The molecule has 0 aliphatic heterocycles. The predicted molar refractivity (Wildman–Crippen MR) is 86.3 cm³/mol. The summed E-state index contributed by atoms with van der Waals surface area (Å²) in [6.07, 6.45) is 5.51. The van der Waals surface area contributed by atoms with E-state index < -0.39 is 0 Å². The standard InChI is InChI=1S/C18H25ClO2/c1-3-20-15-10-9-12(11-16(15)21-4-2)18(19)17-13-7-5-6-8-14(13)17/h9-11,13-14,17-18H,3-8H2,1-2H3. The number of hydrogen-bond acceptors (Lipinski definition) is 2. The van der Waals surface area contributed by atoms with Crippen molar-refractivity contribution in [2.24, 2.45) is 17.8 Å². The van der Waals surface area contributed by atoms with Gasteiger partial charge in [-0.1, -0.05) is 18.9 Å². The Morgan fingerprint density at radius 2 is 1.67 bits per heavy atom. The Kier molecular flexibility index (Phi) is 4.63. The molecule has 3 rings (SSSR count). The van der Waals surface area contributed by atoms with Crippen LogP contribution < -0.4 is 9.47 Å². The minimum absolute atomic E-state index is 0.119. The molecule has 2 nitrogen and oxygen atoms in total. The second-order valence-corrected chi connectivity index (χ2v) is 6.63. The zero-order chi connectivity index (χ0) is 14.8. The molecule has 1 aromatic carbocycles. The van der Waals surface area contributed by atoms with E-state index in [-0.39, 0.29) is 5.38 Å². The molecule has 3 atom stereocenters. The molecule has 116 valence electrons. The molecule has 0 aromatic heterocycles. The summed E-state index contributed by atoms with van der Waals surface area (Å²) in [5, 5.41) is 0.119. The maximum Gasteiger partial charge on any atom is 0.161 e. The lowest BCUT2D eigenvalue weighted by Gasteiger charge is -2.15. The number of rotatable bonds is 6. The topological polar surface area (TPSA) is 18.5 Å². The quantitative estimate of drug-likeness (QED) is 0.672. The minimum atomic E-state index is 0.119. The van der Waals surface area contributed by atoms with Gasteiger partial charge in [-0.2, -0.15) is 0 Å². The lowest BCUT2D eigenvalue weighted by atomic mass is 10.0. The molecule has 0 amide bonds. The van der Waals surface area contributed by atoms with E-state index in [9.17, 15) is 0 Å². The number of hydrogen-bond donors (Lipinski definition) is 0. The molecule has 0 saturated heterocycles. The first kappa shape index (κ1) is 15.0. The summed E-state index contributed by atoms with van der Waals surface area (Å²) in [6.45, 7) is 5.28. The largest absolute Gasteiger partial charge is 0.490 e. The second-order valence-electron chi connectivity index (χ2n) is 6.16. The van der Waals surface area contributed by atoms with Crippen molar-refractivity contribution < 1.29 is 9.47 Å². The second kappa shape index (κ2) is 6.48. The van der Waals surface area contributed by atoms with Crippen LogP contribution in [0.4, 0.5) is 0 Å². The highest BCUT2D eigenvalue weighted by molar-refractivity contribution is 6.21. The monoisotopic (exact) mass is 308 g/mol. The molecule has 21 heavy (non-hydrogen) atoms. The molecule has 3 unspecified atom stereocenters. The first-order valence-electron chi connectivity index (χ1n) is 8.29. The van der Waals surface area contributed by atoms with Gasteiger partial charge < -0.3 is 9.47 Å². The van der Waals surface area contributed by atoms with Gasteiger partial charge in [0.1, 0.15) is 0 Å². The van der Waals surface area contributed by atoms with Gasteiger partial charge >= 0.3 is 0 Å². The average Bonchev–Trinajstić information content (AvgIpc) is 3.23. The van der Waals surface area contributed by atoms with Crippen LogP contribution in [-0.4, -0.2) is 13.2 Å². The number of ether oxygens (including phenoxy) is 2. The van der Waals surface area contributed by atoms with Crippen molar-refractivity contribution in [3.05, 3.63) is 23.8 Å². The van der Waals surface area contributed by atoms with Gasteiger partial charge in [-0.3, -0.25) is 0 Å². The summed E-state index contributed by atoms with van der Waals surface area (Å²) in [5.74, 6) is 4.04. The molecule has 0 heterocycles. The molecular weight excluding hydrogens is 284 g/mol. The lowest BCUT2D eigenvalue weighted by Crippen LogP contribution is -2.01. The Morgan fingerprint density at radius 1 is 1.05 bits per heavy atom. The van der Waals surface area contributed by atoms with Crippen LogP contribution in [0, 0.1) is 17.8 Å². The summed E-state index contributed by atoms with van der Waals surface area (Å²) >= 11 is 6.78. The molecule has 0 N–H and O–H groups in total. The zero-order valence-electron chi connectivity index (χ0n) is 13.0. The van der Waals surface area contributed by atoms with Crippen LogP contribution in [0.1, 0.15) is 50.5 Å². The van der Waals surface area contributed by atoms with Gasteiger partial charge in [0, 0.05) is 0 Å². The Labute approximate surface area is 132 Å². The molecule has 0 spiro atoms. The van der Waals surface area contributed by atoms with Crippen molar-refractivity contribution in [1.82, 2.24) is 0 Å². The van der Waals surface area contributed by atoms with Gasteiger partial charge in [0.15, 0.2) is 11.5 Å². The van der Waals surface area contributed by atoms with Crippen LogP contribution in [0.3, 0.4) is 0 Å². The maximum absolute atomic E-state index is 6.78. The van der Waals surface area contributed by atoms with E-state index in [2.05, 4.69) is 12.1 Å². The van der Waals surface area contributed by atoms with E-state index in [1.54, 1.807) is 0 Å². The molecule has 2 fully saturated rings. The smallest absolute Gasteiger partial charge is 0.161 e. The van der Waals surface area contributed by atoms with Gasteiger partial charge in [0.25, 0.3) is 0 Å². The molecule has 0 bridgehead atoms. The van der Waals surface area contributed by atoms with Gasteiger partial charge in [-0.25, -0.2) is 0 Å². The third-order valence-corrected chi connectivity index (χ3v) is 5.49. The Hall–Kier alpha value is -0.890. The molecular formula is C18H25ClO2. The van der Waals surface area contributed by atoms with Crippen LogP contribution in [0.5, 0.6) is 11.5 Å². The summed E-state index contributed by atoms with van der Waals surface area (Å²) in [5.41, 5.74) is 1.18. The fourth-order valence-electron chi connectivity index (χ4n) is 3.94. The molecule has 2 saturated carbocycles. The number of halogens is 1. The van der Waals surface area contributed by atoms with E-state index in [0.717, 1.165) is 23.3 Å². The third kappa shape index (κ3) is 3.01. The Bertz CT molecular complexity index is 476. The highest BCUT2D eigenvalue weighted by atomic mass is 35.5. The predicted octanol–water partition coefficient (Wildman–Crippen LogP) is 5.20. The van der Waals surface area contributed by atoms with Crippen LogP contribution in [0.15, 0.2) is 18.2 Å². The average molecular weight is 309 g/mol. The number of benzene rings is 1. The first-order chi connectivity index (χ1) is 10.3. The number of alkyl halides is 1. The molecule has 1 aromatic rings. The van der Waals surface area contributed by atoms with Crippen molar-refractivity contribution in [2.75, 3.05) is 13.2 Å². The summed E-state index contributed by atoms with van der Waals surface area (Å²) < 4.78 is 11.3.